The normalized spacial score (nSPS) is 10.6. The van der Waals surface area contributed by atoms with Crippen LogP contribution < -0.4 is 10.2 Å². The van der Waals surface area contributed by atoms with Gasteiger partial charge in [0.2, 0.25) is 0 Å². The maximum absolute atomic E-state index is 4.39. The summed E-state index contributed by atoms with van der Waals surface area (Å²) in [4.78, 5) is 6.63. The lowest BCUT2D eigenvalue weighted by Gasteiger charge is -2.22. The first-order valence-corrected chi connectivity index (χ1v) is 7.60. The van der Waals surface area contributed by atoms with Crippen LogP contribution in [0, 0.1) is 0 Å². The number of hydrogen-bond donors (Lipinski definition) is 1. The second-order valence-electron chi connectivity index (χ2n) is 4.73. The van der Waals surface area contributed by atoms with Gasteiger partial charge in [0, 0.05) is 29.9 Å². The Morgan fingerprint density at radius 1 is 1.25 bits per heavy atom. The van der Waals surface area contributed by atoms with Crippen LogP contribution in [-0.2, 0) is 13.1 Å². The van der Waals surface area contributed by atoms with E-state index in [4.69, 9.17) is 0 Å². The Labute approximate surface area is 129 Å². The predicted molar refractivity (Wildman–Crippen MR) is 87.9 cm³/mol. The Balaban J connectivity index is 2.19. The Kier molecular flexibility index (Phi) is 5.56. The maximum Gasteiger partial charge on any atom is 0.0598 e. The molecule has 0 atom stereocenters. The molecular formula is C16H20BrN3. The van der Waals surface area contributed by atoms with Crippen molar-refractivity contribution >= 4 is 21.6 Å². The van der Waals surface area contributed by atoms with Gasteiger partial charge in [-0.2, -0.15) is 0 Å². The van der Waals surface area contributed by atoms with E-state index in [0.29, 0.717) is 0 Å². The van der Waals surface area contributed by atoms with Crippen molar-refractivity contribution < 1.29 is 0 Å². The average molecular weight is 334 g/mol. The van der Waals surface area contributed by atoms with Gasteiger partial charge in [0.25, 0.3) is 0 Å². The Morgan fingerprint density at radius 3 is 2.80 bits per heavy atom. The number of anilines is 1. The van der Waals surface area contributed by atoms with Gasteiger partial charge in [-0.15, -0.1) is 0 Å². The summed E-state index contributed by atoms with van der Waals surface area (Å²) in [5.74, 6) is 0. The molecule has 0 bridgehead atoms. The van der Waals surface area contributed by atoms with Gasteiger partial charge in [0.15, 0.2) is 0 Å². The van der Waals surface area contributed by atoms with Gasteiger partial charge < -0.3 is 10.2 Å². The summed E-state index contributed by atoms with van der Waals surface area (Å²) in [6.07, 6.45) is 1.84. The molecule has 0 saturated carbocycles. The topological polar surface area (TPSA) is 28.2 Å². The van der Waals surface area contributed by atoms with Gasteiger partial charge >= 0.3 is 0 Å². The molecule has 4 heteroatoms. The molecule has 106 valence electrons. The van der Waals surface area contributed by atoms with Crippen molar-refractivity contribution in [1.29, 1.82) is 0 Å². The third kappa shape index (κ3) is 4.05. The molecule has 0 aliphatic carbocycles. The molecular weight excluding hydrogens is 314 g/mol. The standard InChI is InChI=1S/C16H20BrN3/c1-3-18-11-13-7-8-14(17)10-16(13)20(2)12-15-6-4-5-9-19-15/h4-10,18H,3,11-12H2,1-2H3. The summed E-state index contributed by atoms with van der Waals surface area (Å²) in [7, 11) is 2.10. The number of hydrogen-bond acceptors (Lipinski definition) is 3. The van der Waals surface area contributed by atoms with Gasteiger partial charge in [-0.1, -0.05) is 35.0 Å². The van der Waals surface area contributed by atoms with Crippen LogP contribution in [0.5, 0.6) is 0 Å². The zero-order valence-electron chi connectivity index (χ0n) is 11.9. The zero-order chi connectivity index (χ0) is 14.4. The average Bonchev–Trinajstić information content (AvgIpc) is 2.47. The minimum atomic E-state index is 0.802. The number of benzene rings is 1. The predicted octanol–water partition coefficient (Wildman–Crippen LogP) is 3.59. The molecule has 0 spiro atoms. The molecule has 20 heavy (non-hydrogen) atoms. The Hall–Kier alpha value is -1.39. The van der Waals surface area contributed by atoms with Crippen LogP contribution in [0.3, 0.4) is 0 Å². The molecule has 0 unspecified atom stereocenters. The summed E-state index contributed by atoms with van der Waals surface area (Å²) in [6, 6.07) is 12.4. The van der Waals surface area contributed by atoms with Crippen LogP contribution in [-0.4, -0.2) is 18.6 Å². The zero-order valence-corrected chi connectivity index (χ0v) is 13.5. The number of nitrogens with one attached hydrogen (secondary N) is 1. The van der Waals surface area contributed by atoms with Gasteiger partial charge in [-0.05, 0) is 36.4 Å². The molecule has 0 fully saturated rings. The van der Waals surface area contributed by atoms with Crippen molar-refractivity contribution in [2.24, 2.45) is 0 Å². The lowest BCUT2D eigenvalue weighted by Crippen LogP contribution is -2.21. The fourth-order valence-corrected chi connectivity index (χ4v) is 2.47. The highest BCUT2D eigenvalue weighted by molar-refractivity contribution is 9.10. The van der Waals surface area contributed by atoms with Gasteiger partial charge in [0.1, 0.15) is 0 Å². The van der Waals surface area contributed by atoms with Crippen LogP contribution in [0.25, 0.3) is 0 Å². The molecule has 0 aliphatic heterocycles. The lowest BCUT2D eigenvalue weighted by atomic mass is 10.1. The Morgan fingerprint density at radius 2 is 2.10 bits per heavy atom. The summed E-state index contributed by atoms with van der Waals surface area (Å²) in [6.45, 7) is 4.78. The first-order valence-electron chi connectivity index (χ1n) is 6.81. The molecule has 0 saturated heterocycles. The molecule has 3 nitrogen and oxygen atoms in total. The first-order chi connectivity index (χ1) is 9.70. The van der Waals surface area contributed by atoms with Crippen molar-refractivity contribution in [2.45, 2.75) is 20.0 Å². The minimum Gasteiger partial charge on any atom is -0.368 e. The molecule has 0 aliphatic rings. The molecule has 0 radical (unpaired) electrons. The van der Waals surface area contributed by atoms with E-state index in [2.05, 4.69) is 69.4 Å². The maximum atomic E-state index is 4.39. The van der Waals surface area contributed by atoms with Gasteiger partial charge in [0.05, 0.1) is 12.2 Å². The van der Waals surface area contributed by atoms with Gasteiger partial charge in [-0.3, -0.25) is 4.98 Å². The van der Waals surface area contributed by atoms with Crippen molar-refractivity contribution in [3.8, 4) is 0 Å². The van der Waals surface area contributed by atoms with E-state index in [1.807, 2.05) is 18.3 Å². The highest BCUT2D eigenvalue weighted by Gasteiger charge is 2.09. The third-order valence-corrected chi connectivity index (χ3v) is 3.64. The second-order valence-corrected chi connectivity index (χ2v) is 5.65. The minimum absolute atomic E-state index is 0.802. The van der Waals surface area contributed by atoms with Crippen molar-refractivity contribution in [2.75, 3.05) is 18.5 Å². The van der Waals surface area contributed by atoms with E-state index in [1.54, 1.807) is 0 Å². The summed E-state index contributed by atoms with van der Waals surface area (Å²) in [5.41, 5.74) is 3.60. The fraction of sp³-hybridized carbons (Fsp3) is 0.312. The Bertz CT molecular complexity index is 543. The van der Waals surface area contributed by atoms with Crippen LogP contribution in [0.2, 0.25) is 0 Å². The molecule has 2 rings (SSSR count). The summed E-state index contributed by atoms with van der Waals surface area (Å²) < 4.78 is 1.10. The van der Waals surface area contributed by atoms with Crippen molar-refractivity contribution in [3.63, 3.8) is 0 Å². The third-order valence-electron chi connectivity index (χ3n) is 3.15. The highest BCUT2D eigenvalue weighted by Crippen LogP contribution is 2.25. The molecule has 1 N–H and O–H groups in total. The van der Waals surface area contributed by atoms with E-state index in [1.165, 1.54) is 11.3 Å². The van der Waals surface area contributed by atoms with Crippen LogP contribution >= 0.6 is 15.9 Å². The van der Waals surface area contributed by atoms with E-state index >= 15 is 0 Å². The molecule has 1 aromatic heterocycles. The number of nitrogens with zero attached hydrogens (tertiary/aromatic N) is 2. The molecule has 0 amide bonds. The van der Waals surface area contributed by atoms with Crippen LogP contribution in [0.4, 0.5) is 5.69 Å². The summed E-state index contributed by atoms with van der Waals surface area (Å²) >= 11 is 3.56. The lowest BCUT2D eigenvalue weighted by molar-refractivity contribution is 0.722. The van der Waals surface area contributed by atoms with Crippen LogP contribution in [0.15, 0.2) is 47.1 Å². The monoisotopic (exact) mass is 333 g/mol. The number of pyridine rings is 1. The molecule has 1 aromatic carbocycles. The number of rotatable bonds is 6. The summed E-state index contributed by atoms with van der Waals surface area (Å²) in [5, 5.41) is 3.39. The highest BCUT2D eigenvalue weighted by atomic mass is 79.9. The largest absolute Gasteiger partial charge is 0.368 e. The number of halogens is 1. The van der Waals surface area contributed by atoms with E-state index in [-0.39, 0.29) is 0 Å². The molecule has 2 aromatic rings. The van der Waals surface area contributed by atoms with Crippen molar-refractivity contribution in [1.82, 2.24) is 10.3 Å². The number of aromatic nitrogens is 1. The fourth-order valence-electron chi connectivity index (χ4n) is 2.12. The van der Waals surface area contributed by atoms with Gasteiger partial charge in [-0.25, -0.2) is 0 Å². The van der Waals surface area contributed by atoms with E-state index < -0.39 is 0 Å². The smallest absolute Gasteiger partial charge is 0.0598 e. The quantitative estimate of drug-likeness (QED) is 0.875. The first kappa shape index (κ1) is 15.0. The molecule has 1 heterocycles. The SMILES string of the molecule is CCNCc1ccc(Br)cc1N(C)Cc1ccccn1. The van der Waals surface area contributed by atoms with Crippen LogP contribution in [0.1, 0.15) is 18.2 Å². The second kappa shape index (κ2) is 7.41. The van der Waals surface area contributed by atoms with E-state index in [0.717, 1.165) is 29.8 Å². The van der Waals surface area contributed by atoms with Crippen molar-refractivity contribution in [3.05, 3.63) is 58.3 Å². The van der Waals surface area contributed by atoms with E-state index in [9.17, 15) is 0 Å².